The molecule has 0 radical (unpaired) electrons. The molecule has 0 aliphatic rings. The topological polar surface area (TPSA) is 25.4 Å². The number of fused-ring (bicyclic) bond motifs is 1. The van der Waals surface area contributed by atoms with Crippen molar-refractivity contribution < 1.29 is 4.74 Å². The quantitative estimate of drug-likeness (QED) is 0.781. The minimum Gasteiger partial charge on any atom is -0.496 e. The first kappa shape index (κ1) is 10.2. The van der Waals surface area contributed by atoms with E-state index < -0.39 is 0 Å². The lowest BCUT2D eigenvalue weighted by molar-refractivity contribution is 0.412. The fraction of sp³-hybridized carbons (Fsp3) is 0.364. The number of methoxy groups -OCH3 is 1. The van der Waals surface area contributed by atoms with E-state index in [9.17, 15) is 0 Å². The predicted molar refractivity (Wildman–Crippen MR) is 65.2 cm³/mol. The average Bonchev–Trinajstić information content (AvgIpc) is 2.59. The van der Waals surface area contributed by atoms with Crippen LogP contribution < -0.4 is 9.64 Å². The molecular formula is C11H14N2OS. The number of thiazole rings is 1. The molecule has 0 spiro atoms. The van der Waals surface area contributed by atoms with Crippen molar-refractivity contribution in [3.63, 3.8) is 0 Å². The van der Waals surface area contributed by atoms with Crippen LogP contribution in [-0.4, -0.2) is 26.2 Å². The minimum absolute atomic E-state index is 0.927. The Hall–Kier alpha value is -1.29. The third-order valence-electron chi connectivity index (χ3n) is 2.28. The van der Waals surface area contributed by atoms with Crippen LogP contribution in [0.2, 0.25) is 0 Å². The first-order chi connectivity index (χ1) is 7.11. The van der Waals surface area contributed by atoms with Gasteiger partial charge in [-0.15, -0.1) is 0 Å². The SMILES string of the molecule is COc1cc2sc(N(C)C)nc2cc1C. The van der Waals surface area contributed by atoms with Gasteiger partial charge in [0.1, 0.15) is 5.75 Å². The Morgan fingerprint density at radius 2 is 2.07 bits per heavy atom. The standard InChI is InChI=1S/C11H14N2OS/c1-7-5-8-10(6-9(7)14-4)15-11(12-8)13(2)3/h5-6H,1-4H3. The maximum absolute atomic E-state index is 5.29. The molecule has 1 heterocycles. The summed E-state index contributed by atoms with van der Waals surface area (Å²) in [6, 6.07) is 4.12. The van der Waals surface area contributed by atoms with Gasteiger partial charge >= 0.3 is 0 Å². The highest BCUT2D eigenvalue weighted by molar-refractivity contribution is 7.22. The van der Waals surface area contributed by atoms with Crippen molar-refractivity contribution in [2.75, 3.05) is 26.1 Å². The highest BCUT2D eigenvalue weighted by atomic mass is 32.1. The predicted octanol–water partition coefficient (Wildman–Crippen LogP) is 2.68. The van der Waals surface area contributed by atoms with Gasteiger partial charge in [0.15, 0.2) is 5.13 Å². The number of hydrogen-bond donors (Lipinski definition) is 0. The van der Waals surface area contributed by atoms with Gasteiger partial charge in [-0.3, -0.25) is 0 Å². The summed E-state index contributed by atoms with van der Waals surface area (Å²) in [7, 11) is 5.70. The minimum atomic E-state index is 0.927. The summed E-state index contributed by atoms with van der Waals surface area (Å²) in [6.07, 6.45) is 0. The molecule has 1 aromatic carbocycles. The van der Waals surface area contributed by atoms with Crippen LogP contribution in [0.1, 0.15) is 5.56 Å². The van der Waals surface area contributed by atoms with Crippen molar-refractivity contribution in [3.8, 4) is 5.75 Å². The van der Waals surface area contributed by atoms with E-state index in [0.29, 0.717) is 0 Å². The second-order valence-corrected chi connectivity index (χ2v) is 4.69. The lowest BCUT2D eigenvalue weighted by atomic mass is 10.2. The Balaban J connectivity index is 2.61. The van der Waals surface area contributed by atoms with Crippen LogP contribution in [0.4, 0.5) is 5.13 Å². The molecule has 0 bridgehead atoms. The maximum Gasteiger partial charge on any atom is 0.185 e. The van der Waals surface area contributed by atoms with Crippen molar-refractivity contribution in [2.45, 2.75) is 6.92 Å². The third kappa shape index (κ3) is 1.77. The summed E-state index contributed by atoms with van der Waals surface area (Å²) < 4.78 is 6.46. The number of nitrogens with zero attached hydrogens (tertiary/aromatic N) is 2. The van der Waals surface area contributed by atoms with Gasteiger partial charge in [0, 0.05) is 14.1 Å². The lowest BCUT2D eigenvalue weighted by Gasteiger charge is -2.04. The van der Waals surface area contributed by atoms with Crippen LogP contribution in [0.15, 0.2) is 12.1 Å². The van der Waals surface area contributed by atoms with Crippen LogP contribution in [0.3, 0.4) is 0 Å². The normalized spacial score (nSPS) is 10.7. The van der Waals surface area contributed by atoms with E-state index in [1.165, 1.54) is 4.70 Å². The zero-order valence-corrected chi connectivity index (χ0v) is 10.2. The second-order valence-electron chi connectivity index (χ2n) is 3.68. The summed E-state index contributed by atoms with van der Waals surface area (Å²) in [5.74, 6) is 0.927. The molecule has 0 unspecified atom stereocenters. The van der Waals surface area contributed by atoms with Gasteiger partial charge in [-0.2, -0.15) is 0 Å². The highest BCUT2D eigenvalue weighted by Crippen LogP contribution is 2.32. The number of aromatic nitrogens is 1. The Bertz CT molecular complexity index is 491. The first-order valence-electron chi connectivity index (χ1n) is 4.74. The monoisotopic (exact) mass is 222 g/mol. The van der Waals surface area contributed by atoms with Crippen LogP contribution in [0, 0.1) is 6.92 Å². The van der Waals surface area contributed by atoms with Gasteiger partial charge in [0.25, 0.3) is 0 Å². The van der Waals surface area contributed by atoms with E-state index in [2.05, 4.69) is 17.1 Å². The molecule has 3 nitrogen and oxygen atoms in total. The molecular weight excluding hydrogens is 208 g/mol. The van der Waals surface area contributed by atoms with Gasteiger partial charge in [-0.05, 0) is 24.6 Å². The van der Waals surface area contributed by atoms with Crippen LogP contribution in [0.25, 0.3) is 10.2 Å². The number of hydrogen-bond acceptors (Lipinski definition) is 4. The number of anilines is 1. The Labute approximate surface area is 93.3 Å². The van der Waals surface area contributed by atoms with Crippen LogP contribution in [-0.2, 0) is 0 Å². The first-order valence-corrected chi connectivity index (χ1v) is 5.56. The molecule has 2 aromatic rings. The van der Waals surface area contributed by atoms with Crippen LogP contribution in [0.5, 0.6) is 5.75 Å². The second kappa shape index (κ2) is 3.70. The molecule has 0 fully saturated rings. The fourth-order valence-corrected chi connectivity index (χ4v) is 2.36. The Morgan fingerprint density at radius 3 is 2.67 bits per heavy atom. The van der Waals surface area contributed by atoms with E-state index in [1.807, 2.05) is 25.9 Å². The van der Waals surface area contributed by atoms with Crippen molar-refractivity contribution in [1.82, 2.24) is 4.98 Å². The Morgan fingerprint density at radius 1 is 1.33 bits per heavy atom. The summed E-state index contributed by atoms with van der Waals surface area (Å²) >= 11 is 1.68. The number of benzene rings is 1. The van der Waals surface area contributed by atoms with Crippen molar-refractivity contribution in [3.05, 3.63) is 17.7 Å². The molecule has 0 saturated carbocycles. The highest BCUT2D eigenvalue weighted by Gasteiger charge is 2.08. The van der Waals surface area contributed by atoms with Gasteiger partial charge < -0.3 is 9.64 Å². The fourth-order valence-electron chi connectivity index (χ4n) is 1.46. The summed E-state index contributed by atoms with van der Waals surface area (Å²) in [6.45, 7) is 2.03. The molecule has 0 amide bonds. The summed E-state index contributed by atoms with van der Waals surface area (Å²) in [5, 5.41) is 1.03. The zero-order chi connectivity index (χ0) is 11.0. The molecule has 1 aromatic heterocycles. The average molecular weight is 222 g/mol. The number of aryl methyl sites for hydroxylation is 1. The number of rotatable bonds is 2. The molecule has 0 aliphatic carbocycles. The van der Waals surface area contributed by atoms with E-state index in [4.69, 9.17) is 4.74 Å². The largest absolute Gasteiger partial charge is 0.496 e. The molecule has 0 saturated heterocycles. The zero-order valence-electron chi connectivity index (χ0n) is 9.37. The van der Waals surface area contributed by atoms with Crippen molar-refractivity contribution in [1.29, 1.82) is 0 Å². The van der Waals surface area contributed by atoms with E-state index in [1.54, 1.807) is 18.4 Å². The van der Waals surface area contributed by atoms with E-state index >= 15 is 0 Å². The van der Waals surface area contributed by atoms with E-state index in [-0.39, 0.29) is 0 Å². The van der Waals surface area contributed by atoms with E-state index in [0.717, 1.165) is 22.0 Å². The van der Waals surface area contributed by atoms with Gasteiger partial charge in [-0.25, -0.2) is 4.98 Å². The molecule has 80 valence electrons. The number of ether oxygens (including phenoxy) is 1. The maximum atomic E-state index is 5.29. The molecule has 0 N–H and O–H groups in total. The Kier molecular flexibility index (Phi) is 2.52. The summed E-state index contributed by atoms with van der Waals surface area (Å²) in [4.78, 5) is 6.56. The molecule has 15 heavy (non-hydrogen) atoms. The third-order valence-corrected chi connectivity index (χ3v) is 3.46. The van der Waals surface area contributed by atoms with Crippen molar-refractivity contribution in [2.24, 2.45) is 0 Å². The smallest absolute Gasteiger partial charge is 0.185 e. The molecule has 0 atom stereocenters. The van der Waals surface area contributed by atoms with Gasteiger partial charge in [-0.1, -0.05) is 11.3 Å². The summed E-state index contributed by atoms with van der Waals surface area (Å²) in [5.41, 5.74) is 2.17. The molecule has 2 rings (SSSR count). The van der Waals surface area contributed by atoms with Crippen molar-refractivity contribution >= 4 is 26.7 Å². The van der Waals surface area contributed by atoms with Crippen LogP contribution >= 0.6 is 11.3 Å². The molecule has 4 heteroatoms. The molecule has 0 aliphatic heterocycles. The van der Waals surface area contributed by atoms with Gasteiger partial charge in [0.2, 0.25) is 0 Å². The lowest BCUT2D eigenvalue weighted by Crippen LogP contribution is -2.07. The van der Waals surface area contributed by atoms with Gasteiger partial charge in [0.05, 0.1) is 17.3 Å².